The van der Waals surface area contributed by atoms with Gasteiger partial charge in [-0.25, -0.2) is 9.12 Å². The molecule has 2 aromatic carbocycles. The van der Waals surface area contributed by atoms with Crippen molar-refractivity contribution in [3.63, 3.8) is 0 Å². The normalized spacial score (nSPS) is 14.7. The number of nitrogens with zero attached hydrogens (tertiary/aromatic N) is 1. The number of hydrogen-bond donors (Lipinski definition) is 2. The number of anilines is 1. The molecule has 0 fully saturated rings. The second-order valence-corrected chi connectivity index (χ2v) is 7.99. The molecule has 1 atom stereocenters. The molecule has 32 heavy (non-hydrogen) atoms. The van der Waals surface area contributed by atoms with Gasteiger partial charge in [-0.1, -0.05) is 18.2 Å². The molecule has 0 radical (unpaired) electrons. The first-order valence-electron chi connectivity index (χ1n) is 10.7. The number of carboxylic acid groups (broad SMARTS) is 1. The van der Waals surface area contributed by atoms with E-state index in [0.29, 0.717) is 38.2 Å². The molecule has 0 saturated carbocycles. The van der Waals surface area contributed by atoms with Crippen molar-refractivity contribution in [3.8, 4) is 5.75 Å². The van der Waals surface area contributed by atoms with E-state index in [1.165, 1.54) is 18.3 Å². The molecular weight excluding hydrogens is 411 g/mol. The van der Waals surface area contributed by atoms with Crippen molar-refractivity contribution in [1.82, 2.24) is 0 Å². The molecule has 7 heteroatoms. The topological polar surface area (TPSA) is 85.5 Å². The number of hydrogen-bond acceptors (Lipinski definition) is 4. The lowest BCUT2D eigenvalue weighted by molar-refractivity contribution is -0.590. The van der Waals surface area contributed by atoms with E-state index in [1.807, 2.05) is 18.2 Å². The number of carbonyl (C=O) groups is 1. The second-order valence-electron chi connectivity index (χ2n) is 7.99. The van der Waals surface area contributed by atoms with Gasteiger partial charge in [0.25, 0.3) is 5.82 Å². The molecule has 166 valence electrons. The van der Waals surface area contributed by atoms with Crippen LogP contribution in [0.4, 0.5) is 10.2 Å². The zero-order valence-electron chi connectivity index (χ0n) is 17.6. The molecule has 1 heterocycles. The number of benzene rings is 2. The maximum Gasteiger partial charge on any atom is 0.303 e. The summed E-state index contributed by atoms with van der Waals surface area (Å²) in [5.74, 6) is -0.153. The fourth-order valence-corrected chi connectivity index (χ4v) is 4.20. The Labute approximate surface area is 185 Å². The second kappa shape index (κ2) is 9.68. The monoisotopic (exact) mass is 436 g/mol. The summed E-state index contributed by atoms with van der Waals surface area (Å²) in [5, 5.41) is 24.0. The van der Waals surface area contributed by atoms with E-state index >= 15 is 0 Å². The molecule has 1 aliphatic carbocycles. The van der Waals surface area contributed by atoms with Crippen LogP contribution >= 0.6 is 0 Å². The van der Waals surface area contributed by atoms with Gasteiger partial charge in [-0.05, 0) is 71.3 Å². The van der Waals surface area contributed by atoms with Gasteiger partial charge in [0.15, 0.2) is 0 Å². The highest BCUT2D eigenvalue weighted by Gasteiger charge is 2.25. The lowest BCUT2D eigenvalue weighted by Gasteiger charge is -2.16. The molecule has 0 aliphatic heterocycles. The van der Waals surface area contributed by atoms with Crippen molar-refractivity contribution in [2.45, 2.75) is 31.6 Å². The van der Waals surface area contributed by atoms with Gasteiger partial charge in [0, 0.05) is 12.5 Å². The van der Waals surface area contributed by atoms with Crippen LogP contribution in [-0.4, -0.2) is 24.2 Å². The predicted octanol–water partition coefficient (Wildman–Crippen LogP) is 4.05. The fourth-order valence-electron chi connectivity index (χ4n) is 4.20. The summed E-state index contributed by atoms with van der Waals surface area (Å²) in [6.07, 6.45) is 3.29. The van der Waals surface area contributed by atoms with Crippen molar-refractivity contribution in [2.24, 2.45) is 0 Å². The number of aliphatic carboxylic acids is 1. The van der Waals surface area contributed by atoms with E-state index in [-0.39, 0.29) is 18.2 Å². The Balaban J connectivity index is 1.42. The molecule has 3 aromatic rings. The van der Waals surface area contributed by atoms with Crippen molar-refractivity contribution in [2.75, 3.05) is 18.5 Å². The van der Waals surface area contributed by atoms with Gasteiger partial charge in [0.2, 0.25) is 0 Å². The van der Waals surface area contributed by atoms with Crippen molar-refractivity contribution < 1.29 is 23.8 Å². The number of ether oxygens (including phenoxy) is 1. The summed E-state index contributed by atoms with van der Waals surface area (Å²) < 4.78 is 20.6. The van der Waals surface area contributed by atoms with Gasteiger partial charge >= 0.3 is 5.97 Å². The lowest BCUT2D eigenvalue weighted by atomic mass is 9.89. The number of carboxylic acids is 1. The van der Waals surface area contributed by atoms with Crippen LogP contribution in [0.2, 0.25) is 0 Å². The first-order valence-corrected chi connectivity index (χ1v) is 10.7. The molecule has 6 nitrogen and oxygen atoms in total. The average molecular weight is 436 g/mol. The molecule has 0 saturated heterocycles. The molecule has 2 N–H and O–H groups in total. The van der Waals surface area contributed by atoms with Gasteiger partial charge in [-0.2, -0.15) is 0 Å². The third-order valence-corrected chi connectivity index (χ3v) is 5.71. The highest BCUT2D eigenvalue weighted by molar-refractivity contribution is 5.68. The molecule has 0 spiro atoms. The fraction of sp³-hybridized carbons (Fsp3) is 0.280. The van der Waals surface area contributed by atoms with Crippen molar-refractivity contribution in [1.29, 1.82) is 0 Å². The zero-order valence-corrected chi connectivity index (χ0v) is 17.6. The van der Waals surface area contributed by atoms with Crippen LogP contribution in [0.3, 0.4) is 0 Å². The molecule has 0 bridgehead atoms. The minimum absolute atomic E-state index is 0.00803. The van der Waals surface area contributed by atoms with Crippen LogP contribution in [0.25, 0.3) is 0 Å². The maximum atomic E-state index is 13.9. The van der Waals surface area contributed by atoms with E-state index < -0.39 is 5.97 Å². The number of halogens is 1. The minimum atomic E-state index is -0.861. The lowest BCUT2D eigenvalue weighted by Crippen LogP contribution is -2.30. The van der Waals surface area contributed by atoms with Crippen LogP contribution in [0.1, 0.15) is 41.0 Å². The molecular formula is C25H25FN2O4. The van der Waals surface area contributed by atoms with Crippen LogP contribution in [0.5, 0.6) is 5.75 Å². The number of pyridine rings is 1. The number of fused-ring (bicyclic) bond motifs is 2. The van der Waals surface area contributed by atoms with Gasteiger partial charge in [-0.3, -0.25) is 10.1 Å². The van der Waals surface area contributed by atoms with Gasteiger partial charge in [-0.15, -0.1) is 0 Å². The average Bonchev–Trinajstić information content (AvgIpc) is 2.89. The molecule has 4 rings (SSSR count). The summed E-state index contributed by atoms with van der Waals surface area (Å²) in [4.78, 5) is 11.4. The van der Waals surface area contributed by atoms with Crippen molar-refractivity contribution >= 4 is 11.8 Å². The third kappa shape index (κ3) is 5.17. The molecule has 0 amide bonds. The Kier molecular flexibility index (Phi) is 6.54. The van der Waals surface area contributed by atoms with Crippen LogP contribution in [-0.2, 0) is 17.6 Å². The number of aromatic nitrogens is 1. The standard InChI is InChI=1S/C25H25FN2O4/c26-21-6-8-23-19(14-21)13-18-15-22(7-5-17(18)12-20(23)16-25(29)30)32-11-3-9-27-24-4-1-2-10-28(24)31/h1-2,4-8,10,14-15,20,27H,3,9,11-13,16H2,(H,29,30). The Morgan fingerprint density at radius 2 is 2.03 bits per heavy atom. The van der Waals surface area contributed by atoms with E-state index in [9.17, 15) is 19.5 Å². The van der Waals surface area contributed by atoms with Gasteiger partial charge < -0.3 is 15.1 Å². The summed E-state index contributed by atoms with van der Waals surface area (Å²) in [6, 6.07) is 15.6. The number of nitrogens with one attached hydrogen (secondary N) is 1. The Morgan fingerprint density at radius 1 is 1.16 bits per heavy atom. The van der Waals surface area contributed by atoms with Crippen molar-refractivity contribution in [3.05, 3.63) is 94.1 Å². The molecule has 1 aliphatic rings. The van der Waals surface area contributed by atoms with Crippen LogP contribution in [0, 0.1) is 11.0 Å². The van der Waals surface area contributed by atoms with E-state index in [1.54, 1.807) is 24.3 Å². The SMILES string of the molecule is O=C(O)CC1Cc2ccc(OCCCNc3cccc[n+]3[O-])cc2Cc2cc(F)ccc21. The van der Waals surface area contributed by atoms with Crippen LogP contribution < -0.4 is 14.8 Å². The predicted molar refractivity (Wildman–Crippen MR) is 118 cm³/mol. The molecule has 1 aromatic heterocycles. The largest absolute Gasteiger partial charge is 0.711 e. The number of rotatable bonds is 8. The Morgan fingerprint density at radius 3 is 2.84 bits per heavy atom. The highest BCUT2D eigenvalue weighted by Crippen LogP contribution is 2.35. The maximum absolute atomic E-state index is 13.9. The first kappa shape index (κ1) is 21.6. The van der Waals surface area contributed by atoms with E-state index in [2.05, 4.69) is 5.32 Å². The van der Waals surface area contributed by atoms with Crippen LogP contribution in [0.15, 0.2) is 60.8 Å². The first-order chi connectivity index (χ1) is 15.5. The zero-order chi connectivity index (χ0) is 22.5. The molecule has 1 unspecified atom stereocenters. The third-order valence-electron chi connectivity index (χ3n) is 5.71. The minimum Gasteiger partial charge on any atom is -0.711 e. The van der Waals surface area contributed by atoms with Gasteiger partial charge in [0.1, 0.15) is 11.6 Å². The Bertz CT molecular complexity index is 1120. The summed E-state index contributed by atoms with van der Waals surface area (Å²) in [6.45, 7) is 1.07. The van der Waals surface area contributed by atoms with Gasteiger partial charge in [0.05, 0.1) is 25.8 Å². The highest BCUT2D eigenvalue weighted by atomic mass is 19.1. The summed E-state index contributed by atoms with van der Waals surface area (Å²) in [7, 11) is 0. The Hall–Kier alpha value is -3.61. The summed E-state index contributed by atoms with van der Waals surface area (Å²) in [5.41, 5.74) is 3.81. The van der Waals surface area contributed by atoms with E-state index in [0.717, 1.165) is 32.7 Å². The quantitative estimate of drug-likeness (QED) is 0.316. The summed E-state index contributed by atoms with van der Waals surface area (Å²) >= 11 is 0. The smallest absolute Gasteiger partial charge is 0.303 e. The van der Waals surface area contributed by atoms with E-state index in [4.69, 9.17) is 4.74 Å².